The summed E-state index contributed by atoms with van der Waals surface area (Å²) in [6.07, 6.45) is 4.29. The highest BCUT2D eigenvalue weighted by atomic mass is 19.1. The summed E-state index contributed by atoms with van der Waals surface area (Å²) in [5.74, 6) is -0.580. The fourth-order valence-corrected chi connectivity index (χ4v) is 4.33. The zero-order chi connectivity index (χ0) is 23.2. The molecule has 1 aromatic heterocycles. The lowest BCUT2D eigenvalue weighted by Gasteiger charge is -2.24. The molecule has 2 amide bonds. The van der Waals surface area contributed by atoms with E-state index in [1.54, 1.807) is 29.4 Å². The quantitative estimate of drug-likeness (QED) is 0.577. The van der Waals surface area contributed by atoms with Crippen LogP contribution in [-0.4, -0.2) is 52.8 Å². The van der Waals surface area contributed by atoms with Crippen molar-refractivity contribution < 1.29 is 14.0 Å². The number of rotatable bonds is 6. The van der Waals surface area contributed by atoms with Gasteiger partial charge in [-0.05, 0) is 59.9 Å². The molecule has 2 aromatic carbocycles. The molecule has 170 valence electrons. The van der Waals surface area contributed by atoms with Gasteiger partial charge in [0, 0.05) is 38.6 Å². The van der Waals surface area contributed by atoms with Crippen LogP contribution in [0, 0.1) is 11.7 Å². The fourth-order valence-electron chi connectivity index (χ4n) is 4.33. The monoisotopic (exact) mass is 445 g/mol. The molecule has 0 N–H and O–H groups in total. The molecule has 5 nitrogen and oxygen atoms in total. The first-order chi connectivity index (χ1) is 16.0. The van der Waals surface area contributed by atoms with Gasteiger partial charge in [0.15, 0.2) is 0 Å². The first-order valence-electron chi connectivity index (χ1n) is 11.3. The summed E-state index contributed by atoms with van der Waals surface area (Å²) < 4.78 is 13.2. The van der Waals surface area contributed by atoms with Gasteiger partial charge >= 0.3 is 0 Å². The van der Waals surface area contributed by atoms with Crippen molar-refractivity contribution in [2.45, 2.75) is 19.8 Å². The molecule has 1 saturated heterocycles. The molecule has 0 radical (unpaired) electrons. The number of carbonyl (C=O) groups is 2. The third-order valence-corrected chi connectivity index (χ3v) is 6.17. The number of carbonyl (C=O) groups excluding carboxylic acids is 2. The zero-order valence-corrected chi connectivity index (χ0v) is 18.8. The van der Waals surface area contributed by atoms with Crippen LogP contribution < -0.4 is 0 Å². The van der Waals surface area contributed by atoms with E-state index in [-0.39, 0.29) is 30.0 Å². The number of aromatic nitrogens is 1. The normalized spacial score (nSPS) is 16.5. The van der Waals surface area contributed by atoms with E-state index >= 15 is 0 Å². The highest BCUT2D eigenvalue weighted by molar-refractivity contribution is 5.83. The lowest BCUT2D eigenvalue weighted by Crippen LogP contribution is -2.38. The Morgan fingerprint density at radius 2 is 1.76 bits per heavy atom. The summed E-state index contributed by atoms with van der Waals surface area (Å²) >= 11 is 0. The van der Waals surface area contributed by atoms with Gasteiger partial charge in [-0.2, -0.15) is 0 Å². The number of hydrogen-bond acceptors (Lipinski definition) is 3. The van der Waals surface area contributed by atoms with Crippen LogP contribution >= 0.6 is 0 Å². The molecule has 0 spiro atoms. The molecule has 4 rings (SSSR count). The van der Waals surface area contributed by atoms with Crippen molar-refractivity contribution in [2.24, 2.45) is 5.92 Å². The predicted octanol–water partition coefficient (Wildman–Crippen LogP) is 3.98. The van der Waals surface area contributed by atoms with E-state index in [0.717, 1.165) is 22.3 Å². The van der Waals surface area contributed by atoms with Crippen LogP contribution in [0.1, 0.15) is 18.1 Å². The average molecular weight is 446 g/mol. The van der Waals surface area contributed by atoms with Crippen molar-refractivity contribution in [1.29, 1.82) is 0 Å². The van der Waals surface area contributed by atoms with E-state index in [9.17, 15) is 14.0 Å². The molecular formula is C27H28FN3O2. The summed E-state index contributed by atoms with van der Waals surface area (Å²) in [5, 5.41) is 0. The Morgan fingerprint density at radius 1 is 1.00 bits per heavy atom. The molecule has 1 aliphatic heterocycles. The van der Waals surface area contributed by atoms with Crippen LogP contribution in [-0.2, 0) is 22.4 Å². The van der Waals surface area contributed by atoms with Gasteiger partial charge in [-0.3, -0.25) is 14.6 Å². The summed E-state index contributed by atoms with van der Waals surface area (Å²) in [6, 6.07) is 18.1. The lowest BCUT2D eigenvalue weighted by atomic mass is 9.95. The standard InChI is InChI=1S/C27H28FN3O2/c1-2-30-14-15-31(26(32)18-20-6-8-25(28)9-7-20)19-24(27(30)33)17-21-4-3-5-23(16-21)22-10-12-29-13-11-22/h3-13,16,24H,2,14-15,17-19H2,1H3. The third kappa shape index (κ3) is 5.64. The molecule has 6 heteroatoms. The molecule has 3 aromatic rings. The zero-order valence-electron chi connectivity index (χ0n) is 18.8. The van der Waals surface area contributed by atoms with Crippen molar-refractivity contribution in [1.82, 2.24) is 14.8 Å². The van der Waals surface area contributed by atoms with Crippen LogP contribution in [0.2, 0.25) is 0 Å². The van der Waals surface area contributed by atoms with Crippen molar-refractivity contribution in [2.75, 3.05) is 26.2 Å². The van der Waals surface area contributed by atoms with E-state index in [2.05, 4.69) is 11.1 Å². The van der Waals surface area contributed by atoms with Gasteiger partial charge in [0.25, 0.3) is 0 Å². The first kappa shape index (κ1) is 22.6. The molecule has 1 unspecified atom stereocenters. The van der Waals surface area contributed by atoms with Crippen molar-refractivity contribution in [3.05, 3.63) is 90.0 Å². The van der Waals surface area contributed by atoms with E-state index in [4.69, 9.17) is 0 Å². The predicted molar refractivity (Wildman–Crippen MR) is 126 cm³/mol. The maximum absolute atomic E-state index is 13.2. The number of halogens is 1. The molecule has 0 saturated carbocycles. The Bertz CT molecular complexity index is 1100. The number of amides is 2. The van der Waals surface area contributed by atoms with Crippen molar-refractivity contribution in [3.8, 4) is 11.1 Å². The Hall–Kier alpha value is -3.54. The molecule has 1 atom stereocenters. The minimum Gasteiger partial charge on any atom is -0.341 e. The largest absolute Gasteiger partial charge is 0.341 e. The minimum absolute atomic E-state index is 0.0390. The van der Waals surface area contributed by atoms with Crippen LogP contribution in [0.5, 0.6) is 0 Å². The number of pyridine rings is 1. The fraction of sp³-hybridized carbons (Fsp3) is 0.296. The van der Waals surface area contributed by atoms with Gasteiger partial charge < -0.3 is 9.80 Å². The van der Waals surface area contributed by atoms with Gasteiger partial charge in [0.1, 0.15) is 5.82 Å². The van der Waals surface area contributed by atoms with Gasteiger partial charge in [-0.25, -0.2) is 4.39 Å². The highest BCUT2D eigenvalue weighted by Crippen LogP contribution is 2.23. The topological polar surface area (TPSA) is 53.5 Å². The minimum atomic E-state index is -0.320. The number of likely N-dealkylation sites (N-methyl/N-ethyl adjacent to an activating group) is 1. The van der Waals surface area contributed by atoms with Gasteiger partial charge in [0.05, 0.1) is 12.3 Å². The molecule has 2 heterocycles. The first-order valence-corrected chi connectivity index (χ1v) is 11.3. The van der Waals surface area contributed by atoms with Gasteiger partial charge in [0.2, 0.25) is 11.8 Å². The molecule has 1 aliphatic rings. The van der Waals surface area contributed by atoms with Crippen molar-refractivity contribution in [3.63, 3.8) is 0 Å². The van der Waals surface area contributed by atoms with Crippen LogP contribution in [0.3, 0.4) is 0 Å². The summed E-state index contributed by atoms with van der Waals surface area (Å²) in [4.78, 5) is 34.0. The molecule has 33 heavy (non-hydrogen) atoms. The molecule has 1 fully saturated rings. The van der Waals surface area contributed by atoms with E-state index < -0.39 is 0 Å². The molecular weight excluding hydrogens is 417 g/mol. The SMILES string of the molecule is CCN1CCN(C(=O)Cc2ccc(F)cc2)CC(Cc2cccc(-c3ccncc3)c2)C1=O. The number of hydrogen-bond donors (Lipinski definition) is 0. The van der Waals surface area contributed by atoms with Gasteiger partial charge in [-0.1, -0.05) is 36.4 Å². The Balaban J connectivity index is 1.52. The van der Waals surface area contributed by atoms with Gasteiger partial charge in [-0.15, -0.1) is 0 Å². The van der Waals surface area contributed by atoms with Crippen LogP contribution in [0.25, 0.3) is 11.1 Å². The Kier molecular flexibility index (Phi) is 7.13. The second-order valence-corrected chi connectivity index (χ2v) is 8.40. The summed E-state index contributed by atoms with van der Waals surface area (Å²) in [6.45, 7) is 4.00. The van der Waals surface area contributed by atoms with Crippen molar-refractivity contribution >= 4 is 11.8 Å². The maximum Gasteiger partial charge on any atom is 0.227 e. The number of benzene rings is 2. The molecule has 0 bridgehead atoms. The third-order valence-electron chi connectivity index (χ3n) is 6.17. The number of nitrogens with zero attached hydrogens (tertiary/aromatic N) is 3. The van der Waals surface area contributed by atoms with E-state index in [0.29, 0.717) is 32.6 Å². The van der Waals surface area contributed by atoms with Crippen LogP contribution in [0.15, 0.2) is 73.1 Å². The Morgan fingerprint density at radius 3 is 2.48 bits per heavy atom. The molecule has 0 aliphatic carbocycles. The second-order valence-electron chi connectivity index (χ2n) is 8.40. The summed E-state index contributed by atoms with van der Waals surface area (Å²) in [5.41, 5.74) is 3.98. The smallest absolute Gasteiger partial charge is 0.227 e. The van der Waals surface area contributed by atoms with Crippen LogP contribution in [0.4, 0.5) is 4.39 Å². The average Bonchev–Trinajstić information content (AvgIpc) is 3.00. The highest BCUT2D eigenvalue weighted by Gasteiger charge is 2.31. The lowest BCUT2D eigenvalue weighted by molar-refractivity contribution is -0.134. The van der Waals surface area contributed by atoms with E-state index in [1.807, 2.05) is 42.2 Å². The Labute approximate surface area is 193 Å². The van der Waals surface area contributed by atoms with E-state index in [1.165, 1.54) is 12.1 Å². The summed E-state index contributed by atoms with van der Waals surface area (Å²) in [7, 11) is 0. The second kappa shape index (κ2) is 10.4. The maximum atomic E-state index is 13.2.